The van der Waals surface area contributed by atoms with Crippen LogP contribution in [-0.4, -0.2) is 0 Å². The number of fused-ring (bicyclic) bond motifs is 21. The maximum absolute atomic E-state index is 6.37. The molecule has 6 nitrogen and oxygen atoms in total. The molecule has 11 heteroatoms. The molecule has 0 spiro atoms. The van der Waals surface area contributed by atoms with Crippen LogP contribution >= 0.6 is 55.9 Å². The van der Waals surface area contributed by atoms with E-state index in [4.69, 9.17) is 25.2 Å². The van der Waals surface area contributed by atoms with Crippen molar-refractivity contribution in [3.63, 3.8) is 0 Å². The lowest BCUT2D eigenvalue weighted by Gasteiger charge is -2.20. The van der Waals surface area contributed by atoms with E-state index in [1.54, 1.807) is 0 Å². The van der Waals surface area contributed by atoms with E-state index in [0.29, 0.717) is 0 Å². The second-order valence-corrected chi connectivity index (χ2v) is 29.1. The summed E-state index contributed by atoms with van der Waals surface area (Å²) in [4.78, 5) is 0. The molecular formula is C77H63Br2O6P3. The van der Waals surface area contributed by atoms with Crippen molar-refractivity contribution in [2.45, 2.75) is 65.2 Å². The predicted octanol–water partition coefficient (Wildman–Crippen LogP) is 26.3. The molecule has 0 aliphatic heterocycles. The summed E-state index contributed by atoms with van der Waals surface area (Å²) in [6.07, 6.45) is 9.94. The molecule has 2 aliphatic carbocycles. The largest absolute Gasteiger partial charge is 0.419 e. The highest BCUT2D eigenvalue weighted by atomic mass is 79.9. The maximum Gasteiger partial charge on any atom is 0.213 e. The molecule has 0 radical (unpaired) electrons. The van der Waals surface area contributed by atoms with Gasteiger partial charge >= 0.3 is 0 Å². The fraction of sp³-hybridized carbons (Fsp3) is 0.169. The summed E-state index contributed by atoms with van der Waals surface area (Å²) in [5.74, 6) is 0. The molecule has 3 aromatic heterocycles. The zero-order chi connectivity index (χ0) is 59.7. The summed E-state index contributed by atoms with van der Waals surface area (Å²) in [5.41, 5.74) is 19.1. The summed E-state index contributed by atoms with van der Waals surface area (Å²) in [6, 6.07) is 69.4. The number of halogens is 2. The fourth-order valence-electron chi connectivity index (χ4n) is 13.6. The van der Waals surface area contributed by atoms with Crippen molar-refractivity contribution in [2.75, 3.05) is 0 Å². The molecule has 0 amide bonds. The van der Waals surface area contributed by atoms with Gasteiger partial charge in [0.05, 0.1) is 0 Å². The average molecular weight is 1340 g/mol. The van der Waals surface area contributed by atoms with Gasteiger partial charge in [-0.2, -0.15) is 0 Å². The summed E-state index contributed by atoms with van der Waals surface area (Å²) in [5, 5.41) is 16.5. The van der Waals surface area contributed by atoms with Crippen LogP contribution in [0.25, 0.3) is 131 Å². The first-order chi connectivity index (χ1) is 42.9. The van der Waals surface area contributed by atoms with Crippen molar-refractivity contribution in [1.82, 2.24) is 0 Å². The third-order valence-corrected chi connectivity index (χ3v) is 21.4. The molecule has 0 saturated carbocycles. The molecular weight excluding hydrogens is 1270 g/mol. The minimum atomic E-state index is -1.09. The van der Waals surface area contributed by atoms with Gasteiger partial charge in [0, 0.05) is 61.3 Å². The van der Waals surface area contributed by atoms with E-state index in [0.717, 1.165) is 74.8 Å². The Labute approximate surface area is 530 Å². The number of rotatable bonds is 2. The van der Waals surface area contributed by atoms with E-state index in [2.05, 4.69) is 246 Å². The number of hydrogen-bond donors (Lipinski definition) is 0. The van der Waals surface area contributed by atoms with Gasteiger partial charge in [-0.05, 0) is 226 Å². The van der Waals surface area contributed by atoms with Gasteiger partial charge in [-0.1, -0.05) is 164 Å². The third kappa shape index (κ3) is 10.8. The molecule has 2 aliphatic rings. The smallest absolute Gasteiger partial charge is 0.213 e. The van der Waals surface area contributed by atoms with E-state index in [9.17, 15) is 0 Å². The highest BCUT2D eigenvalue weighted by Gasteiger charge is 2.22. The molecule has 436 valence electrons. The minimum absolute atomic E-state index is 0.877. The molecule has 0 saturated heterocycles. The van der Waals surface area contributed by atoms with Gasteiger partial charge in [-0.15, -0.1) is 0 Å². The standard InChI is InChI=1S/C35H27O2P.C21H13Br2O2P.C21H23O2P/c1-22-4-8-24(9-5-22)26-12-16-30-28(20-26)14-18-32-34(30)35-31-17-13-27(25-10-6-23(2)7-11-25)21-29(31)15-19-33(35)37-38(3)36-32;1-26-24-18-8-2-12-10-14(22)4-6-16(12)20(18)21-17-7-5-15(23)11-13(17)3-9-19(21)25-26;1-24-22-18-12-10-14-6-2-4-8-16(14)20(18)21-17-9-5-3-7-15(17)11-13-19(21)23-24/h4-21H,1-3H3;2-11H,1H3;10-13H,2-9H2,1H3. The predicted molar refractivity (Wildman–Crippen MR) is 381 cm³/mol. The lowest BCUT2D eigenvalue weighted by atomic mass is 9.84. The quantitative estimate of drug-likeness (QED) is 0.172. The molecule has 0 bridgehead atoms. The lowest BCUT2D eigenvalue weighted by molar-refractivity contribution is 0.640. The zero-order valence-electron chi connectivity index (χ0n) is 49.7. The maximum atomic E-state index is 6.37. The van der Waals surface area contributed by atoms with E-state index in [1.165, 1.54) is 150 Å². The van der Waals surface area contributed by atoms with Crippen molar-refractivity contribution in [1.29, 1.82) is 0 Å². The second kappa shape index (κ2) is 23.7. The Hall–Kier alpha value is -7.66. The molecule has 0 N–H and O–H groups in total. The van der Waals surface area contributed by atoms with Gasteiger partial charge < -0.3 is 25.2 Å². The van der Waals surface area contributed by atoms with Crippen molar-refractivity contribution < 1.29 is 25.2 Å². The van der Waals surface area contributed by atoms with Crippen molar-refractivity contribution >= 4 is 165 Å². The molecule has 0 fully saturated rings. The fourth-order valence-corrected chi connectivity index (χ4v) is 17.0. The molecule has 3 heterocycles. The van der Waals surface area contributed by atoms with Crippen molar-refractivity contribution in [2.24, 2.45) is 20.0 Å². The van der Waals surface area contributed by atoms with Crippen molar-refractivity contribution in [3.05, 3.63) is 236 Å². The summed E-state index contributed by atoms with van der Waals surface area (Å²) in [6.45, 7) is 10.3. The van der Waals surface area contributed by atoms with E-state index in [1.807, 2.05) is 13.3 Å². The minimum Gasteiger partial charge on any atom is -0.419 e. The highest BCUT2D eigenvalue weighted by Crippen LogP contribution is 2.45. The van der Waals surface area contributed by atoms with Crippen LogP contribution in [-0.2, 0) is 45.7 Å². The molecule has 88 heavy (non-hydrogen) atoms. The van der Waals surface area contributed by atoms with Crippen LogP contribution < -0.4 is 0 Å². The normalized spacial score (nSPS) is 13.0. The lowest BCUT2D eigenvalue weighted by Crippen LogP contribution is -2.05. The van der Waals surface area contributed by atoms with E-state index >= 15 is 0 Å². The van der Waals surface area contributed by atoms with Crippen LogP contribution in [0.2, 0.25) is 0 Å². The van der Waals surface area contributed by atoms with Crippen LogP contribution in [0.4, 0.5) is 0 Å². The van der Waals surface area contributed by atoms with Gasteiger partial charge in [0.15, 0.2) is 0 Å². The first kappa shape index (κ1) is 56.8. The Morgan fingerprint density at radius 1 is 0.284 bits per heavy atom. The zero-order valence-corrected chi connectivity index (χ0v) is 55.5. The average Bonchev–Trinajstić information content (AvgIpc) is 1.41. The summed E-state index contributed by atoms with van der Waals surface area (Å²) in [7, 11) is -3.04. The van der Waals surface area contributed by atoms with Gasteiger partial charge in [0.25, 0.3) is 0 Å². The topological polar surface area (TPSA) is 78.8 Å². The van der Waals surface area contributed by atoms with Crippen LogP contribution in [0.5, 0.6) is 0 Å². The molecule has 15 aromatic rings. The van der Waals surface area contributed by atoms with Gasteiger partial charge in [-0.25, -0.2) is 0 Å². The van der Waals surface area contributed by atoms with Crippen molar-refractivity contribution in [3.8, 4) is 22.3 Å². The van der Waals surface area contributed by atoms with E-state index < -0.39 is 24.0 Å². The van der Waals surface area contributed by atoms with Gasteiger partial charge in [0.1, 0.15) is 33.5 Å². The molecule has 0 unspecified atom stereocenters. The molecule has 0 atom stereocenters. The Balaban J connectivity index is 0.000000115. The van der Waals surface area contributed by atoms with Crippen LogP contribution in [0.1, 0.15) is 59.1 Å². The Morgan fingerprint density at radius 2 is 0.568 bits per heavy atom. The molecule has 17 rings (SSSR count). The number of aryl methyl sites for hydroxylation is 9. The highest BCUT2D eigenvalue weighted by molar-refractivity contribution is 9.10. The Bertz CT molecular complexity index is 5110. The summed E-state index contributed by atoms with van der Waals surface area (Å²) >= 11 is 7.15. The van der Waals surface area contributed by atoms with Crippen LogP contribution in [0.3, 0.4) is 0 Å². The number of benzene rings is 12. The Morgan fingerprint density at radius 3 is 0.920 bits per heavy atom. The second-order valence-electron chi connectivity index (χ2n) is 23.5. The first-order valence-corrected chi connectivity index (χ1v) is 36.7. The van der Waals surface area contributed by atoms with Crippen LogP contribution in [0.15, 0.2) is 228 Å². The Kier molecular flexibility index (Phi) is 15.3. The number of hydrogen-bond acceptors (Lipinski definition) is 6. The molecule has 12 aromatic carbocycles. The monoisotopic (exact) mass is 1330 g/mol. The van der Waals surface area contributed by atoms with Gasteiger partial charge in [0.2, 0.25) is 24.0 Å². The summed E-state index contributed by atoms with van der Waals surface area (Å²) < 4.78 is 39.7. The third-order valence-electron chi connectivity index (χ3n) is 17.7. The first-order valence-electron chi connectivity index (χ1n) is 30.3. The SMILES string of the molecule is Cc1ccc(-c2ccc3c(ccc4op(C)oc5ccc6cc(-c7ccc(C)cc7)ccc6c5c43)c2)cc1.Cp1oc2ccc3c(c2c2c4c(ccc2o1)CCCC4)CCCC3.Cp1oc2ccc3cc(Br)ccc3c2c2c(ccc3cc(Br)ccc32)o1. The van der Waals surface area contributed by atoms with Crippen LogP contribution in [0, 0.1) is 13.8 Å². The van der Waals surface area contributed by atoms with E-state index in [-0.39, 0.29) is 0 Å². The van der Waals surface area contributed by atoms with Gasteiger partial charge in [-0.3, -0.25) is 0 Å².